The molecule has 3 fully saturated rings. The zero-order chi connectivity index (χ0) is 18.8. The summed E-state index contributed by atoms with van der Waals surface area (Å²) in [6, 6.07) is 3.92. The van der Waals surface area contributed by atoms with Gasteiger partial charge in [-0.2, -0.15) is 0 Å². The van der Waals surface area contributed by atoms with Crippen molar-refractivity contribution in [3.63, 3.8) is 0 Å². The fraction of sp³-hybridized carbons (Fsp3) is 0.579. The van der Waals surface area contributed by atoms with Gasteiger partial charge in [0.05, 0.1) is 12.5 Å². The normalized spacial score (nSPS) is 23.9. The van der Waals surface area contributed by atoms with Gasteiger partial charge in [0, 0.05) is 51.0 Å². The maximum Gasteiger partial charge on any atom is 0.410 e. The van der Waals surface area contributed by atoms with Crippen molar-refractivity contribution in [1.82, 2.24) is 19.7 Å². The molecule has 0 spiro atoms. The minimum atomic E-state index is -0.271. The molecule has 0 radical (unpaired) electrons. The van der Waals surface area contributed by atoms with Crippen molar-refractivity contribution < 1.29 is 19.1 Å². The topological polar surface area (TPSA) is 83.1 Å². The molecule has 0 aliphatic carbocycles. The molecule has 3 aliphatic heterocycles. The maximum absolute atomic E-state index is 12.9. The van der Waals surface area contributed by atoms with Gasteiger partial charge in [-0.1, -0.05) is 0 Å². The first kappa shape index (κ1) is 17.8. The number of pyridine rings is 1. The molecule has 1 aromatic rings. The average Bonchev–Trinajstić information content (AvgIpc) is 3.28. The van der Waals surface area contributed by atoms with Crippen molar-refractivity contribution >= 4 is 17.9 Å². The first-order chi connectivity index (χ1) is 13.1. The molecule has 27 heavy (non-hydrogen) atoms. The van der Waals surface area contributed by atoms with E-state index in [0.717, 1.165) is 18.4 Å². The Morgan fingerprint density at radius 1 is 1.15 bits per heavy atom. The molecule has 4 heterocycles. The summed E-state index contributed by atoms with van der Waals surface area (Å²) in [5, 5.41) is 0. The summed E-state index contributed by atoms with van der Waals surface area (Å²) < 4.78 is 5.01. The molecule has 3 saturated heterocycles. The van der Waals surface area contributed by atoms with Crippen LogP contribution in [0.3, 0.4) is 0 Å². The van der Waals surface area contributed by atoms with E-state index in [1.807, 2.05) is 17.0 Å². The minimum Gasteiger partial charge on any atom is -0.448 e. The van der Waals surface area contributed by atoms with Gasteiger partial charge in [-0.25, -0.2) is 4.79 Å². The predicted octanol–water partition coefficient (Wildman–Crippen LogP) is 0.873. The van der Waals surface area contributed by atoms with Crippen LogP contribution in [0, 0.1) is 5.92 Å². The highest BCUT2D eigenvalue weighted by Gasteiger charge is 2.39. The number of cyclic esters (lactones) is 1. The summed E-state index contributed by atoms with van der Waals surface area (Å²) in [5.41, 5.74) is 1.02. The first-order valence-corrected chi connectivity index (χ1v) is 9.50. The van der Waals surface area contributed by atoms with E-state index in [2.05, 4.69) is 4.98 Å². The van der Waals surface area contributed by atoms with Crippen molar-refractivity contribution in [2.24, 2.45) is 5.92 Å². The third kappa shape index (κ3) is 3.74. The van der Waals surface area contributed by atoms with Gasteiger partial charge in [0.15, 0.2) is 0 Å². The van der Waals surface area contributed by atoms with Crippen molar-refractivity contribution in [2.45, 2.75) is 31.8 Å². The highest BCUT2D eigenvalue weighted by atomic mass is 16.6. The Morgan fingerprint density at radius 2 is 1.89 bits per heavy atom. The molecular formula is C19H24N4O4. The van der Waals surface area contributed by atoms with Crippen molar-refractivity contribution in [2.75, 3.05) is 32.8 Å². The summed E-state index contributed by atoms with van der Waals surface area (Å²) in [5.74, 6) is -0.185. The number of hydrogen-bond acceptors (Lipinski definition) is 5. The number of hydrogen-bond donors (Lipinski definition) is 0. The van der Waals surface area contributed by atoms with Gasteiger partial charge >= 0.3 is 6.09 Å². The molecule has 0 saturated carbocycles. The van der Waals surface area contributed by atoms with Crippen LogP contribution in [0.25, 0.3) is 0 Å². The van der Waals surface area contributed by atoms with Gasteiger partial charge in [-0.3, -0.25) is 14.6 Å². The van der Waals surface area contributed by atoms with Crippen LogP contribution in [0.2, 0.25) is 0 Å². The molecule has 0 N–H and O–H groups in total. The molecule has 0 aromatic carbocycles. The molecular weight excluding hydrogens is 348 g/mol. The molecule has 3 aliphatic rings. The number of amides is 3. The second kappa shape index (κ2) is 7.54. The van der Waals surface area contributed by atoms with Gasteiger partial charge in [0.25, 0.3) is 0 Å². The number of carbonyl (C=O) groups is 3. The molecule has 8 nitrogen and oxygen atoms in total. The van der Waals surface area contributed by atoms with Gasteiger partial charge in [-0.05, 0) is 30.5 Å². The Labute approximate surface area is 158 Å². The van der Waals surface area contributed by atoms with Gasteiger partial charge in [-0.15, -0.1) is 0 Å². The molecule has 4 rings (SSSR count). The zero-order valence-corrected chi connectivity index (χ0v) is 15.2. The van der Waals surface area contributed by atoms with Crippen LogP contribution in [0.5, 0.6) is 0 Å². The van der Waals surface area contributed by atoms with E-state index in [9.17, 15) is 14.4 Å². The van der Waals surface area contributed by atoms with Gasteiger partial charge in [0.2, 0.25) is 11.8 Å². The summed E-state index contributed by atoms with van der Waals surface area (Å²) >= 11 is 0. The van der Waals surface area contributed by atoms with Crippen LogP contribution >= 0.6 is 0 Å². The molecule has 0 bridgehead atoms. The Kier molecular flexibility index (Phi) is 4.96. The Bertz CT molecular complexity index is 718. The molecule has 1 aromatic heterocycles. The summed E-state index contributed by atoms with van der Waals surface area (Å²) in [7, 11) is 0. The molecule has 8 heteroatoms. The van der Waals surface area contributed by atoms with E-state index in [1.165, 1.54) is 0 Å². The number of aromatic nitrogens is 1. The van der Waals surface area contributed by atoms with E-state index in [1.54, 1.807) is 22.2 Å². The minimum absolute atomic E-state index is 0.0276. The molecule has 144 valence electrons. The Hall–Kier alpha value is -2.64. The quantitative estimate of drug-likeness (QED) is 0.783. The monoisotopic (exact) mass is 372 g/mol. The van der Waals surface area contributed by atoms with Gasteiger partial charge in [0.1, 0.15) is 6.61 Å². The first-order valence-electron chi connectivity index (χ1n) is 9.50. The predicted molar refractivity (Wildman–Crippen MR) is 95.4 cm³/mol. The largest absolute Gasteiger partial charge is 0.448 e. The molecule has 3 amide bonds. The van der Waals surface area contributed by atoms with E-state index < -0.39 is 0 Å². The number of likely N-dealkylation sites (tertiary alicyclic amines) is 2. The standard InChI is InChI=1S/C19H24N4O4/c24-17-11-15(13-22(17)12-14-1-5-20-6-2-14)18(25)21-7-3-16(4-8-21)23-9-10-27-19(23)26/h1-2,5-6,15-16H,3-4,7-13H2/t15-/m1/s1. The van der Waals surface area contributed by atoms with Crippen molar-refractivity contribution in [3.05, 3.63) is 30.1 Å². The number of rotatable bonds is 4. The maximum atomic E-state index is 12.9. The fourth-order valence-electron chi connectivity index (χ4n) is 4.19. The third-order valence-electron chi connectivity index (χ3n) is 5.70. The lowest BCUT2D eigenvalue weighted by molar-refractivity contribution is -0.137. The lowest BCUT2D eigenvalue weighted by atomic mass is 10.0. The SMILES string of the molecule is O=C1C[C@@H](C(=O)N2CCC(N3CCOC3=O)CC2)CN1Cc1ccncc1. The number of ether oxygens (including phenoxy) is 1. The highest BCUT2D eigenvalue weighted by Crippen LogP contribution is 2.25. The van der Waals surface area contributed by atoms with Crippen LogP contribution in [-0.4, -0.2) is 76.4 Å². The zero-order valence-electron chi connectivity index (χ0n) is 15.2. The highest BCUT2D eigenvalue weighted by molar-refractivity contribution is 5.89. The van der Waals surface area contributed by atoms with E-state index in [-0.39, 0.29) is 36.3 Å². The van der Waals surface area contributed by atoms with Crippen LogP contribution in [0.15, 0.2) is 24.5 Å². The van der Waals surface area contributed by atoms with E-state index in [4.69, 9.17) is 4.74 Å². The van der Waals surface area contributed by atoms with Crippen LogP contribution in [0.4, 0.5) is 4.79 Å². The number of nitrogens with zero attached hydrogens (tertiary/aromatic N) is 4. The lowest BCUT2D eigenvalue weighted by Crippen LogP contribution is -2.48. The lowest BCUT2D eigenvalue weighted by Gasteiger charge is -2.36. The van der Waals surface area contributed by atoms with E-state index >= 15 is 0 Å². The smallest absolute Gasteiger partial charge is 0.410 e. The molecule has 0 unspecified atom stereocenters. The Balaban J connectivity index is 1.30. The van der Waals surface area contributed by atoms with Crippen molar-refractivity contribution in [3.8, 4) is 0 Å². The van der Waals surface area contributed by atoms with Crippen LogP contribution in [-0.2, 0) is 20.9 Å². The second-order valence-corrected chi connectivity index (χ2v) is 7.39. The van der Waals surface area contributed by atoms with Crippen molar-refractivity contribution in [1.29, 1.82) is 0 Å². The number of piperidine rings is 1. The van der Waals surface area contributed by atoms with Crippen LogP contribution in [0.1, 0.15) is 24.8 Å². The fourth-order valence-corrected chi connectivity index (χ4v) is 4.19. The summed E-state index contributed by atoms with van der Waals surface area (Å²) in [6.07, 6.45) is 4.98. The van der Waals surface area contributed by atoms with Crippen LogP contribution < -0.4 is 0 Å². The van der Waals surface area contributed by atoms with E-state index in [0.29, 0.717) is 39.3 Å². The summed E-state index contributed by atoms with van der Waals surface area (Å²) in [4.78, 5) is 46.3. The number of carbonyl (C=O) groups excluding carboxylic acids is 3. The molecule has 1 atom stereocenters. The van der Waals surface area contributed by atoms with Gasteiger partial charge < -0.3 is 19.4 Å². The second-order valence-electron chi connectivity index (χ2n) is 7.39. The average molecular weight is 372 g/mol. The summed E-state index contributed by atoms with van der Waals surface area (Å²) in [6.45, 7) is 3.33. The third-order valence-corrected chi connectivity index (χ3v) is 5.70. The Morgan fingerprint density at radius 3 is 2.56 bits per heavy atom.